The fourth-order valence-corrected chi connectivity index (χ4v) is 3.78. The van der Waals surface area contributed by atoms with Crippen molar-refractivity contribution in [2.45, 2.75) is 41.0 Å². The third kappa shape index (κ3) is 5.11. The first kappa shape index (κ1) is 18.6. The zero-order chi connectivity index (χ0) is 23.8. The van der Waals surface area contributed by atoms with E-state index in [2.05, 4.69) is 85.6 Å². The minimum Gasteiger partial charge on any atom is -0.256 e. The Balaban J connectivity index is 1.69. The molecule has 0 aliphatic heterocycles. The number of aryl methyl sites for hydroxylation is 2. The van der Waals surface area contributed by atoms with Crippen LogP contribution in [0.15, 0.2) is 85.1 Å². The van der Waals surface area contributed by atoms with Crippen molar-refractivity contribution in [2.75, 3.05) is 0 Å². The number of hydrogen-bond donors (Lipinski definition) is 0. The summed E-state index contributed by atoms with van der Waals surface area (Å²) in [5.74, 6) is 0. The van der Waals surface area contributed by atoms with E-state index in [9.17, 15) is 0 Å². The molecular formula is C30H31N. The van der Waals surface area contributed by atoms with Crippen molar-refractivity contribution in [3.8, 4) is 33.5 Å². The molecule has 0 aliphatic rings. The summed E-state index contributed by atoms with van der Waals surface area (Å²) >= 11 is 0. The summed E-state index contributed by atoms with van der Waals surface area (Å²) in [6.07, 6.45) is 0.258. The van der Waals surface area contributed by atoms with Crippen molar-refractivity contribution in [2.24, 2.45) is 5.41 Å². The summed E-state index contributed by atoms with van der Waals surface area (Å²) in [6, 6.07) is 27.3. The second-order valence-corrected chi connectivity index (χ2v) is 9.28. The fraction of sp³-hybridized carbons (Fsp3) is 0.233. The van der Waals surface area contributed by atoms with Crippen molar-refractivity contribution >= 4 is 0 Å². The van der Waals surface area contributed by atoms with E-state index < -0.39 is 11.8 Å². The minimum absolute atomic E-state index is 0.511. The zero-order valence-corrected chi connectivity index (χ0v) is 19.0. The van der Waals surface area contributed by atoms with Gasteiger partial charge in [0.05, 0.1) is 5.69 Å². The Labute approximate surface area is 189 Å². The predicted molar refractivity (Wildman–Crippen MR) is 133 cm³/mol. The first-order valence-electron chi connectivity index (χ1n) is 11.8. The molecule has 31 heavy (non-hydrogen) atoms. The average molecular weight is 408 g/mol. The first-order valence-corrected chi connectivity index (χ1v) is 10.8. The molecule has 4 rings (SSSR count). The molecule has 0 saturated carbocycles. The molecule has 0 fully saturated rings. The largest absolute Gasteiger partial charge is 0.256 e. The molecule has 0 N–H and O–H groups in total. The van der Waals surface area contributed by atoms with Gasteiger partial charge >= 0.3 is 0 Å². The number of rotatable bonds is 4. The molecule has 0 aliphatic carbocycles. The Morgan fingerprint density at radius 2 is 1.29 bits per heavy atom. The number of benzene rings is 3. The molecule has 0 saturated heterocycles. The zero-order valence-electron chi connectivity index (χ0n) is 21.0. The molecule has 1 nitrogen and oxygen atoms in total. The quantitative estimate of drug-likeness (QED) is 0.331. The molecular weight excluding hydrogens is 374 g/mol. The van der Waals surface area contributed by atoms with Crippen molar-refractivity contribution in [3.63, 3.8) is 0 Å². The molecule has 0 unspecified atom stereocenters. The Morgan fingerprint density at radius 3 is 1.94 bits per heavy atom. The van der Waals surface area contributed by atoms with Gasteiger partial charge in [-0.3, -0.25) is 4.98 Å². The highest BCUT2D eigenvalue weighted by Gasteiger charge is 2.13. The molecule has 1 aromatic heterocycles. The monoisotopic (exact) mass is 407 g/mol. The molecule has 156 valence electrons. The van der Waals surface area contributed by atoms with Gasteiger partial charge in [0.25, 0.3) is 0 Å². The van der Waals surface area contributed by atoms with E-state index in [-0.39, 0.29) is 0 Å². The Kier molecular flexibility index (Phi) is 5.10. The molecule has 0 radical (unpaired) electrons. The van der Waals surface area contributed by atoms with Gasteiger partial charge in [-0.05, 0) is 77.2 Å². The molecule has 1 heteroatoms. The maximum absolute atomic E-state index is 8.63. The summed E-state index contributed by atoms with van der Waals surface area (Å²) < 4.78 is 17.3. The SMILES string of the molecule is [2H]C([2H])(c1ccnc(-c2ccc(C)c(-c3ccc(-c4ccc(C)cc4)cc3)c2)c1)C(C)(C)C. The van der Waals surface area contributed by atoms with Gasteiger partial charge < -0.3 is 0 Å². The van der Waals surface area contributed by atoms with Crippen LogP contribution in [-0.4, -0.2) is 4.98 Å². The van der Waals surface area contributed by atoms with Crippen LogP contribution in [-0.2, 0) is 6.37 Å². The number of nitrogens with zero attached hydrogens (tertiary/aromatic N) is 1. The lowest BCUT2D eigenvalue weighted by molar-refractivity contribution is 0.411. The van der Waals surface area contributed by atoms with E-state index in [1.165, 1.54) is 22.3 Å². The first-order chi connectivity index (χ1) is 15.6. The Bertz CT molecular complexity index is 1260. The summed E-state index contributed by atoms with van der Waals surface area (Å²) in [6.45, 7) is 10.0. The van der Waals surface area contributed by atoms with Gasteiger partial charge in [-0.15, -0.1) is 0 Å². The fourth-order valence-electron chi connectivity index (χ4n) is 3.78. The molecule has 0 atom stereocenters. The lowest BCUT2D eigenvalue weighted by Crippen LogP contribution is -2.09. The van der Waals surface area contributed by atoms with Gasteiger partial charge in [0.2, 0.25) is 0 Å². The summed E-state index contributed by atoms with van der Waals surface area (Å²) in [5, 5.41) is 0. The van der Waals surface area contributed by atoms with Crippen molar-refractivity contribution in [1.82, 2.24) is 4.98 Å². The van der Waals surface area contributed by atoms with Crippen molar-refractivity contribution < 1.29 is 2.74 Å². The van der Waals surface area contributed by atoms with E-state index in [0.717, 1.165) is 22.4 Å². The lowest BCUT2D eigenvalue weighted by atomic mass is 9.88. The third-order valence-corrected chi connectivity index (χ3v) is 5.39. The van der Waals surface area contributed by atoms with Gasteiger partial charge in [-0.1, -0.05) is 87.0 Å². The Morgan fingerprint density at radius 1 is 0.710 bits per heavy atom. The molecule has 0 amide bonds. The topological polar surface area (TPSA) is 12.9 Å². The van der Waals surface area contributed by atoms with E-state index >= 15 is 0 Å². The molecule has 4 aromatic rings. The molecule has 3 aromatic carbocycles. The second-order valence-electron chi connectivity index (χ2n) is 9.28. The van der Waals surface area contributed by atoms with Crippen LogP contribution in [0.1, 0.15) is 40.2 Å². The normalized spacial score (nSPS) is 12.9. The van der Waals surface area contributed by atoms with Gasteiger partial charge in [0, 0.05) is 14.5 Å². The molecule has 0 spiro atoms. The summed E-state index contributed by atoms with van der Waals surface area (Å²) in [4.78, 5) is 4.56. The highest BCUT2D eigenvalue weighted by atomic mass is 14.7. The van der Waals surface area contributed by atoms with Gasteiger partial charge in [0.15, 0.2) is 0 Å². The standard InChI is InChI=1S/C30H31N/c1-21-6-9-24(10-7-21)25-12-14-26(15-13-25)28-19-27(11-8-22(28)2)29-18-23(16-17-31-29)20-30(3,4)5/h6-19H,20H2,1-5H3/i20D2. The number of aromatic nitrogens is 1. The lowest BCUT2D eigenvalue weighted by Gasteiger charge is -2.18. The minimum atomic E-state index is -1.45. The van der Waals surface area contributed by atoms with Crippen LogP contribution < -0.4 is 0 Å². The van der Waals surface area contributed by atoms with Crippen LogP contribution in [0.25, 0.3) is 33.5 Å². The maximum atomic E-state index is 8.63. The van der Waals surface area contributed by atoms with Gasteiger partial charge in [0.1, 0.15) is 0 Å². The molecule has 1 heterocycles. The number of pyridine rings is 1. The smallest absolute Gasteiger partial charge is 0.0704 e. The van der Waals surface area contributed by atoms with E-state index in [1.54, 1.807) is 12.3 Å². The highest BCUT2D eigenvalue weighted by Crippen LogP contribution is 2.31. The van der Waals surface area contributed by atoms with Gasteiger partial charge in [-0.25, -0.2) is 0 Å². The second kappa shape index (κ2) is 8.51. The van der Waals surface area contributed by atoms with Crippen molar-refractivity contribution in [1.29, 1.82) is 0 Å². The predicted octanol–water partition coefficient (Wildman–Crippen LogP) is 8.29. The maximum Gasteiger partial charge on any atom is 0.0704 e. The van der Waals surface area contributed by atoms with Gasteiger partial charge in [-0.2, -0.15) is 0 Å². The summed E-state index contributed by atoms with van der Waals surface area (Å²) in [7, 11) is 0. The van der Waals surface area contributed by atoms with E-state index in [1.807, 2.05) is 26.8 Å². The van der Waals surface area contributed by atoms with Crippen LogP contribution in [0.2, 0.25) is 0 Å². The summed E-state index contributed by atoms with van der Waals surface area (Å²) in [5.41, 5.74) is 9.12. The number of hydrogen-bond acceptors (Lipinski definition) is 1. The van der Waals surface area contributed by atoms with Crippen molar-refractivity contribution in [3.05, 3.63) is 102 Å². The molecule has 0 bridgehead atoms. The van der Waals surface area contributed by atoms with Crippen LogP contribution in [0.5, 0.6) is 0 Å². The van der Waals surface area contributed by atoms with Crippen LogP contribution in [0.4, 0.5) is 0 Å². The Hall–Kier alpha value is -3.19. The van der Waals surface area contributed by atoms with Crippen LogP contribution in [0, 0.1) is 19.3 Å². The van der Waals surface area contributed by atoms with Crippen LogP contribution >= 0.6 is 0 Å². The van der Waals surface area contributed by atoms with E-state index in [4.69, 9.17) is 2.74 Å². The highest BCUT2D eigenvalue weighted by molar-refractivity contribution is 5.76. The van der Waals surface area contributed by atoms with E-state index in [0.29, 0.717) is 5.56 Å². The van der Waals surface area contributed by atoms with Crippen LogP contribution in [0.3, 0.4) is 0 Å². The third-order valence-electron chi connectivity index (χ3n) is 5.39. The average Bonchev–Trinajstić information content (AvgIpc) is 2.79.